The van der Waals surface area contributed by atoms with E-state index in [-0.39, 0.29) is 17.0 Å². The minimum atomic E-state index is 0. The molecule has 0 N–H and O–H groups in total. The van der Waals surface area contributed by atoms with Crippen molar-refractivity contribution >= 4 is 0 Å². The summed E-state index contributed by atoms with van der Waals surface area (Å²) in [5.74, 6) is 0. The van der Waals surface area contributed by atoms with Gasteiger partial charge in [-0.2, -0.15) is 0 Å². The predicted molar refractivity (Wildman–Crippen MR) is 52.9 cm³/mol. The van der Waals surface area contributed by atoms with Gasteiger partial charge in [-0.15, -0.1) is 0 Å². The number of aryl methyl sites for hydroxylation is 1. The van der Waals surface area contributed by atoms with E-state index in [4.69, 9.17) is 0 Å². The molecule has 0 heterocycles. The van der Waals surface area contributed by atoms with Gasteiger partial charge in [0.15, 0.2) is 0 Å². The van der Waals surface area contributed by atoms with Crippen LogP contribution in [0.3, 0.4) is 0 Å². The molecule has 0 fully saturated rings. The zero-order chi connectivity index (χ0) is 9.19. The number of quaternary nitrogens is 1. The molecule has 0 atom stereocenters. The standard InChI is InChI=1S/C11H18N.BrH/c1-10-7-5-6-8-11(10)9-12(2,3)4;/h5-8H,9H2,1-4H3;1H/q+1;/p-1. The number of hydrogen-bond donors (Lipinski definition) is 0. The summed E-state index contributed by atoms with van der Waals surface area (Å²) in [5, 5.41) is 0. The second kappa shape index (κ2) is 4.77. The van der Waals surface area contributed by atoms with Crippen molar-refractivity contribution in [2.45, 2.75) is 13.5 Å². The molecule has 0 bridgehead atoms. The van der Waals surface area contributed by atoms with Crippen molar-refractivity contribution in [1.29, 1.82) is 0 Å². The Kier molecular flexibility index (Phi) is 4.65. The highest BCUT2D eigenvalue weighted by Crippen LogP contribution is 2.11. The Balaban J connectivity index is 0.00000144. The van der Waals surface area contributed by atoms with Gasteiger partial charge >= 0.3 is 0 Å². The molecule has 0 spiro atoms. The fourth-order valence-electron chi connectivity index (χ4n) is 1.30. The van der Waals surface area contributed by atoms with Crippen molar-refractivity contribution < 1.29 is 21.5 Å². The van der Waals surface area contributed by atoms with Gasteiger partial charge in [-0.25, -0.2) is 0 Å². The molecule has 1 nitrogen and oxygen atoms in total. The number of benzene rings is 1. The molecule has 0 saturated heterocycles. The quantitative estimate of drug-likeness (QED) is 0.598. The van der Waals surface area contributed by atoms with E-state index in [1.54, 1.807) is 0 Å². The van der Waals surface area contributed by atoms with Crippen LogP contribution in [-0.4, -0.2) is 25.6 Å². The molecule has 0 aliphatic rings. The lowest BCUT2D eigenvalue weighted by atomic mass is 10.1. The van der Waals surface area contributed by atoms with Crippen molar-refractivity contribution in [1.82, 2.24) is 0 Å². The lowest BCUT2D eigenvalue weighted by molar-refractivity contribution is -0.884. The highest BCUT2D eigenvalue weighted by molar-refractivity contribution is 5.24. The minimum Gasteiger partial charge on any atom is -1.00 e. The molecule has 0 radical (unpaired) electrons. The molecular formula is C11H18BrN. The summed E-state index contributed by atoms with van der Waals surface area (Å²) in [6.45, 7) is 3.28. The topological polar surface area (TPSA) is 0 Å². The van der Waals surface area contributed by atoms with E-state index in [0.29, 0.717) is 0 Å². The van der Waals surface area contributed by atoms with E-state index in [9.17, 15) is 0 Å². The molecule has 0 saturated carbocycles. The van der Waals surface area contributed by atoms with Gasteiger partial charge in [-0.3, -0.25) is 0 Å². The number of nitrogens with zero attached hydrogens (tertiary/aromatic N) is 1. The lowest BCUT2D eigenvalue weighted by Gasteiger charge is -2.24. The zero-order valence-electron chi connectivity index (χ0n) is 8.84. The van der Waals surface area contributed by atoms with E-state index in [1.807, 2.05) is 0 Å². The second-order valence-corrected chi connectivity index (χ2v) is 4.37. The van der Waals surface area contributed by atoms with Crippen LogP contribution in [0.4, 0.5) is 0 Å². The van der Waals surface area contributed by atoms with E-state index in [2.05, 4.69) is 52.3 Å². The van der Waals surface area contributed by atoms with Crippen LogP contribution >= 0.6 is 0 Å². The molecule has 1 aromatic rings. The Morgan fingerprint density at radius 2 is 1.62 bits per heavy atom. The molecule has 1 aromatic carbocycles. The molecule has 0 unspecified atom stereocenters. The first-order valence-corrected chi connectivity index (χ1v) is 4.34. The van der Waals surface area contributed by atoms with Crippen LogP contribution in [0.25, 0.3) is 0 Å². The number of rotatable bonds is 2. The van der Waals surface area contributed by atoms with Crippen LogP contribution in [0.5, 0.6) is 0 Å². The zero-order valence-corrected chi connectivity index (χ0v) is 10.4. The highest BCUT2D eigenvalue weighted by atomic mass is 79.9. The number of hydrogen-bond acceptors (Lipinski definition) is 0. The van der Waals surface area contributed by atoms with Crippen LogP contribution in [-0.2, 0) is 6.54 Å². The Morgan fingerprint density at radius 1 is 1.08 bits per heavy atom. The molecule has 0 aliphatic carbocycles. The van der Waals surface area contributed by atoms with Gasteiger partial charge in [0.05, 0.1) is 21.1 Å². The van der Waals surface area contributed by atoms with E-state index in [0.717, 1.165) is 11.0 Å². The monoisotopic (exact) mass is 243 g/mol. The average Bonchev–Trinajstić information content (AvgIpc) is 1.91. The second-order valence-electron chi connectivity index (χ2n) is 4.37. The van der Waals surface area contributed by atoms with Gasteiger partial charge in [0.1, 0.15) is 6.54 Å². The van der Waals surface area contributed by atoms with Crippen molar-refractivity contribution in [3.05, 3.63) is 35.4 Å². The van der Waals surface area contributed by atoms with Gasteiger partial charge < -0.3 is 21.5 Å². The molecule has 1 rings (SSSR count). The van der Waals surface area contributed by atoms with Crippen LogP contribution in [0, 0.1) is 6.92 Å². The molecule has 74 valence electrons. The Labute approximate surface area is 91.7 Å². The van der Waals surface area contributed by atoms with Crippen molar-refractivity contribution in [3.8, 4) is 0 Å². The van der Waals surface area contributed by atoms with Gasteiger partial charge in [0.2, 0.25) is 0 Å². The Bertz CT molecular complexity index is 263. The fourth-order valence-corrected chi connectivity index (χ4v) is 1.30. The van der Waals surface area contributed by atoms with Crippen LogP contribution < -0.4 is 17.0 Å². The highest BCUT2D eigenvalue weighted by Gasteiger charge is 2.09. The summed E-state index contributed by atoms with van der Waals surface area (Å²) >= 11 is 0. The minimum absolute atomic E-state index is 0. The van der Waals surface area contributed by atoms with E-state index >= 15 is 0 Å². The molecular weight excluding hydrogens is 226 g/mol. The van der Waals surface area contributed by atoms with Gasteiger partial charge in [-0.1, -0.05) is 24.3 Å². The summed E-state index contributed by atoms with van der Waals surface area (Å²) in [6.07, 6.45) is 0. The average molecular weight is 244 g/mol. The molecule has 13 heavy (non-hydrogen) atoms. The Hall–Kier alpha value is -0.340. The van der Waals surface area contributed by atoms with Crippen molar-refractivity contribution in [2.75, 3.05) is 21.1 Å². The maximum Gasteiger partial charge on any atom is 0.104 e. The Morgan fingerprint density at radius 3 is 2.08 bits per heavy atom. The molecule has 0 aliphatic heterocycles. The van der Waals surface area contributed by atoms with E-state index < -0.39 is 0 Å². The maximum atomic E-state index is 2.21. The molecule has 0 amide bonds. The first kappa shape index (κ1) is 12.7. The largest absolute Gasteiger partial charge is 1.00 e. The SMILES string of the molecule is Cc1ccccc1C[N+](C)(C)C.[Br-]. The smallest absolute Gasteiger partial charge is 0.104 e. The summed E-state index contributed by atoms with van der Waals surface area (Å²) in [5.41, 5.74) is 2.84. The van der Waals surface area contributed by atoms with Gasteiger partial charge in [0, 0.05) is 5.56 Å². The summed E-state index contributed by atoms with van der Waals surface area (Å²) < 4.78 is 0.991. The van der Waals surface area contributed by atoms with Crippen LogP contribution in [0.2, 0.25) is 0 Å². The summed E-state index contributed by atoms with van der Waals surface area (Å²) in [4.78, 5) is 0. The molecule has 2 heteroatoms. The summed E-state index contributed by atoms with van der Waals surface area (Å²) in [6, 6.07) is 8.58. The summed E-state index contributed by atoms with van der Waals surface area (Å²) in [7, 11) is 6.64. The lowest BCUT2D eigenvalue weighted by Crippen LogP contribution is -3.00. The van der Waals surface area contributed by atoms with Crippen LogP contribution in [0.1, 0.15) is 11.1 Å². The fraction of sp³-hybridized carbons (Fsp3) is 0.455. The van der Waals surface area contributed by atoms with Crippen molar-refractivity contribution in [2.24, 2.45) is 0 Å². The molecule has 0 aromatic heterocycles. The van der Waals surface area contributed by atoms with E-state index in [1.165, 1.54) is 11.1 Å². The third-order valence-electron chi connectivity index (χ3n) is 1.91. The van der Waals surface area contributed by atoms with Crippen LogP contribution in [0.15, 0.2) is 24.3 Å². The van der Waals surface area contributed by atoms with Gasteiger partial charge in [-0.05, 0) is 12.5 Å². The predicted octanol–water partition coefficient (Wildman–Crippen LogP) is -0.795. The van der Waals surface area contributed by atoms with Gasteiger partial charge in [0.25, 0.3) is 0 Å². The first-order valence-electron chi connectivity index (χ1n) is 4.34. The van der Waals surface area contributed by atoms with Crippen molar-refractivity contribution in [3.63, 3.8) is 0 Å². The third-order valence-corrected chi connectivity index (χ3v) is 1.91. The first-order chi connectivity index (χ1) is 5.49. The normalized spacial score (nSPS) is 10.8. The third kappa shape index (κ3) is 4.44. The number of halogens is 1. The maximum absolute atomic E-state index is 2.21.